The minimum absolute atomic E-state index is 0.00464. The van der Waals surface area contributed by atoms with Gasteiger partial charge in [0.05, 0.1) is 0 Å². The molecule has 1 aliphatic carbocycles. The number of aromatic nitrogens is 2. The topological polar surface area (TPSA) is 68.0 Å². The van der Waals surface area contributed by atoms with Gasteiger partial charge in [0.25, 0.3) is 0 Å². The molecule has 0 bridgehead atoms. The van der Waals surface area contributed by atoms with Gasteiger partial charge in [-0.3, -0.25) is 10.1 Å². The highest BCUT2D eigenvalue weighted by Gasteiger charge is 2.22. The van der Waals surface area contributed by atoms with Crippen LogP contribution in [0.3, 0.4) is 0 Å². The van der Waals surface area contributed by atoms with Crippen molar-refractivity contribution < 1.29 is 9.21 Å². The van der Waals surface area contributed by atoms with Gasteiger partial charge >= 0.3 is 6.01 Å². The Morgan fingerprint density at radius 3 is 2.64 bits per heavy atom. The summed E-state index contributed by atoms with van der Waals surface area (Å²) in [6, 6.07) is 6.16. The normalized spacial score (nSPS) is 15.7. The highest BCUT2D eigenvalue weighted by molar-refractivity contribution is 5.90. The van der Waals surface area contributed by atoms with Gasteiger partial charge in [-0.2, -0.15) is 0 Å². The number of nitrogens with zero attached hydrogens (tertiary/aromatic N) is 2. The van der Waals surface area contributed by atoms with Gasteiger partial charge in [-0.1, -0.05) is 30.4 Å². The van der Waals surface area contributed by atoms with E-state index in [0.717, 1.165) is 31.2 Å². The van der Waals surface area contributed by atoms with Crippen LogP contribution in [0.15, 0.2) is 22.6 Å². The van der Waals surface area contributed by atoms with E-state index in [4.69, 9.17) is 4.42 Å². The molecule has 2 aromatic rings. The zero-order valence-electron chi connectivity index (χ0n) is 13.1. The summed E-state index contributed by atoms with van der Waals surface area (Å²) in [4.78, 5) is 12.2. The number of rotatable bonds is 3. The molecular weight excluding hydrogens is 278 g/mol. The van der Waals surface area contributed by atoms with E-state index in [-0.39, 0.29) is 17.8 Å². The zero-order chi connectivity index (χ0) is 15.5. The Bertz CT molecular complexity index is 672. The lowest BCUT2D eigenvalue weighted by Gasteiger charge is -2.19. The van der Waals surface area contributed by atoms with Gasteiger partial charge in [-0.05, 0) is 49.9 Å². The van der Waals surface area contributed by atoms with Gasteiger partial charge in [0, 0.05) is 11.5 Å². The van der Waals surface area contributed by atoms with Crippen LogP contribution in [-0.2, 0) is 4.79 Å². The number of carbonyl (C=O) groups excluding carboxylic acids is 1. The number of hydrogen-bond donors (Lipinski definition) is 1. The monoisotopic (exact) mass is 299 g/mol. The minimum atomic E-state index is -0.00464. The highest BCUT2D eigenvalue weighted by atomic mass is 16.4. The molecule has 1 heterocycles. The quantitative estimate of drug-likeness (QED) is 0.934. The maximum atomic E-state index is 12.2. The Morgan fingerprint density at radius 2 is 1.91 bits per heavy atom. The maximum Gasteiger partial charge on any atom is 0.322 e. The molecule has 5 nitrogen and oxygen atoms in total. The maximum absolute atomic E-state index is 12.2. The third kappa shape index (κ3) is 3.18. The van der Waals surface area contributed by atoms with Crippen molar-refractivity contribution in [3.8, 4) is 11.5 Å². The number of anilines is 1. The van der Waals surface area contributed by atoms with Gasteiger partial charge in [0.15, 0.2) is 0 Å². The van der Waals surface area contributed by atoms with Gasteiger partial charge in [0.1, 0.15) is 0 Å². The molecule has 5 heteroatoms. The minimum Gasteiger partial charge on any atom is -0.403 e. The predicted octanol–water partition coefficient (Wildman–Crippen LogP) is 3.87. The first-order valence-electron chi connectivity index (χ1n) is 7.85. The Morgan fingerprint density at radius 1 is 1.14 bits per heavy atom. The Hall–Kier alpha value is -2.17. The predicted molar refractivity (Wildman–Crippen MR) is 84.4 cm³/mol. The molecule has 1 fully saturated rings. The molecule has 1 saturated carbocycles. The molecule has 116 valence electrons. The third-order valence-electron chi connectivity index (χ3n) is 4.38. The molecule has 0 atom stereocenters. The standard InChI is InChI=1S/C17H21N3O2/c1-11-8-9-14(10-12(11)2)16-19-20-17(22-16)18-15(21)13-6-4-3-5-7-13/h8-10,13H,3-7H2,1-2H3,(H,18,20,21). The molecular formula is C17H21N3O2. The van der Waals surface area contributed by atoms with E-state index in [1.165, 1.54) is 17.5 Å². The molecule has 1 aromatic carbocycles. The first kappa shape index (κ1) is 14.8. The summed E-state index contributed by atoms with van der Waals surface area (Å²) in [6.07, 6.45) is 5.36. The molecule has 1 aromatic heterocycles. The molecule has 0 radical (unpaired) electrons. The summed E-state index contributed by atoms with van der Waals surface area (Å²) in [5.41, 5.74) is 3.26. The van der Waals surface area contributed by atoms with E-state index >= 15 is 0 Å². The summed E-state index contributed by atoms with van der Waals surface area (Å²) in [7, 11) is 0. The van der Waals surface area contributed by atoms with Gasteiger partial charge in [-0.15, -0.1) is 5.10 Å². The van der Waals surface area contributed by atoms with E-state index in [1.54, 1.807) is 0 Å². The molecule has 1 amide bonds. The van der Waals surface area contributed by atoms with Crippen molar-refractivity contribution in [1.82, 2.24) is 10.2 Å². The van der Waals surface area contributed by atoms with Crippen LogP contribution in [0.4, 0.5) is 6.01 Å². The number of amides is 1. The molecule has 0 spiro atoms. The Kier molecular flexibility index (Phi) is 4.22. The van der Waals surface area contributed by atoms with Crippen LogP contribution in [0, 0.1) is 19.8 Å². The van der Waals surface area contributed by atoms with E-state index in [0.29, 0.717) is 5.89 Å². The largest absolute Gasteiger partial charge is 0.403 e. The fourth-order valence-corrected chi connectivity index (χ4v) is 2.84. The summed E-state index contributed by atoms with van der Waals surface area (Å²) < 4.78 is 5.57. The molecule has 0 unspecified atom stereocenters. The van der Waals surface area contributed by atoms with Gasteiger partial charge in [-0.25, -0.2) is 0 Å². The molecule has 0 aliphatic heterocycles. The number of nitrogens with one attached hydrogen (secondary N) is 1. The number of benzene rings is 1. The smallest absolute Gasteiger partial charge is 0.322 e. The average Bonchev–Trinajstić information content (AvgIpc) is 2.99. The second kappa shape index (κ2) is 6.30. The lowest BCUT2D eigenvalue weighted by Crippen LogP contribution is -2.24. The first-order valence-corrected chi connectivity index (χ1v) is 7.85. The second-order valence-corrected chi connectivity index (χ2v) is 6.04. The van der Waals surface area contributed by atoms with Crippen molar-refractivity contribution in [2.75, 3.05) is 5.32 Å². The number of hydrogen-bond acceptors (Lipinski definition) is 4. The van der Waals surface area contributed by atoms with Crippen molar-refractivity contribution in [1.29, 1.82) is 0 Å². The SMILES string of the molecule is Cc1ccc(-c2nnc(NC(=O)C3CCCCC3)o2)cc1C. The molecule has 1 N–H and O–H groups in total. The van der Waals surface area contributed by atoms with Crippen molar-refractivity contribution in [2.24, 2.45) is 5.92 Å². The first-order chi connectivity index (χ1) is 10.6. The van der Waals surface area contributed by atoms with Crippen molar-refractivity contribution in [3.63, 3.8) is 0 Å². The average molecular weight is 299 g/mol. The fraction of sp³-hybridized carbons (Fsp3) is 0.471. The third-order valence-corrected chi connectivity index (χ3v) is 4.38. The zero-order valence-corrected chi connectivity index (χ0v) is 13.1. The Balaban J connectivity index is 1.70. The summed E-state index contributed by atoms with van der Waals surface area (Å²) in [6.45, 7) is 4.10. The highest BCUT2D eigenvalue weighted by Crippen LogP contribution is 2.26. The van der Waals surface area contributed by atoms with Gasteiger partial charge < -0.3 is 4.42 Å². The lowest BCUT2D eigenvalue weighted by molar-refractivity contribution is -0.120. The van der Waals surface area contributed by atoms with Crippen LogP contribution in [0.25, 0.3) is 11.5 Å². The van der Waals surface area contributed by atoms with E-state index in [1.807, 2.05) is 25.1 Å². The van der Waals surface area contributed by atoms with Crippen molar-refractivity contribution in [2.45, 2.75) is 46.0 Å². The van der Waals surface area contributed by atoms with Crippen LogP contribution in [0.5, 0.6) is 0 Å². The number of carbonyl (C=O) groups is 1. The van der Waals surface area contributed by atoms with Crippen molar-refractivity contribution >= 4 is 11.9 Å². The molecule has 22 heavy (non-hydrogen) atoms. The van der Waals surface area contributed by atoms with Crippen LogP contribution >= 0.6 is 0 Å². The van der Waals surface area contributed by atoms with Crippen LogP contribution in [-0.4, -0.2) is 16.1 Å². The summed E-state index contributed by atoms with van der Waals surface area (Å²) in [5.74, 6) is 0.503. The van der Waals surface area contributed by atoms with Crippen LogP contribution in [0.2, 0.25) is 0 Å². The van der Waals surface area contributed by atoms with Gasteiger partial charge in [0.2, 0.25) is 11.8 Å². The lowest BCUT2D eigenvalue weighted by atomic mass is 9.89. The molecule has 0 saturated heterocycles. The summed E-state index contributed by atoms with van der Waals surface area (Å²) in [5, 5.41) is 10.7. The second-order valence-electron chi connectivity index (χ2n) is 6.04. The van der Waals surface area contributed by atoms with E-state index in [2.05, 4.69) is 22.4 Å². The van der Waals surface area contributed by atoms with Crippen LogP contribution in [0.1, 0.15) is 43.2 Å². The van der Waals surface area contributed by atoms with Crippen molar-refractivity contribution in [3.05, 3.63) is 29.3 Å². The summed E-state index contributed by atoms with van der Waals surface area (Å²) >= 11 is 0. The number of aryl methyl sites for hydroxylation is 2. The van der Waals surface area contributed by atoms with E-state index in [9.17, 15) is 4.79 Å². The fourth-order valence-electron chi connectivity index (χ4n) is 2.84. The molecule has 3 rings (SSSR count). The van der Waals surface area contributed by atoms with E-state index < -0.39 is 0 Å². The van der Waals surface area contributed by atoms with Crippen LogP contribution < -0.4 is 5.32 Å². The molecule has 1 aliphatic rings. The Labute approximate surface area is 130 Å².